The van der Waals surface area contributed by atoms with Crippen LogP contribution in [0.2, 0.25) is 0 Å². The first kappa shape index (κ1) is 40.9. The highest BCUT2D eigenvalue weighted by atomic mass is 16.6. The Labute approximate surface area is 319 Å². The quantitative estimate of drug-likeness (QED) is 0.0553. The Morgan fingerprint density at radius 2 is 1.73 bits per heavy atom. The highest BCUT2D eigenvalue weighted by molar-refractivity contribution is 6.05. The number of piperidine rings is 1. The third-order valence-electron chi connectivity index (χ3n) is 9.45. The molecule has 16 nitrogen and oxygen atoms in total. The van der Waals surface area contributed by atoms with Crippen LogP contribution >= 0.6 is 0 Å². The molecule has 3 heterocycles. The van der Waals surface area contributed by atoms with Crippen LogP contribution in [-0.2, 0) is 44.6 Å². The van der Waals surface area contributed by atoms with E-state index in [0.717, 1.165) is 5.56 Å². The zero-order chi connectivity index (χ0) is 39.5. The largest absolute Gasteiger partial charge is 0.465 e. The number of fused-ring (bicyclic) bond motifs is 2. The topological polar surface area (TPSA) is 205 Å². The molecule has 0 bridgehead atoms. The van der Waals surface area contributed by atoms with E-state index in [1.165, 1.54) is 23.9 Å². The van der Waals surface area contributed by atoms with Crippen molar-refractivity contribution in [2.45, 2.75) is 45.3 Å². The average Bonchev–Trinajstić information content (AvgIpc) is 3.49. The number of benzene rings is 2. The predicted molar refractivity (Wildman–Crippen MR) is 199 cm³/mol. The van der Waals surface area contributed by atoms with Crippen molar-refractivity contribution in [2.24, 2.45) is 17.5 Å². The third-order valence-corrected chi connectivity index (χ3v) is 9.45. The summed E-state index contributed by atoms with van der Waals surface area (Å²) in [6.07, 6.45) is 2.09. The first-order valence-corrected chi connectivity index (χ1v) is 18.1. The van der Waals surface area contributed by atoms with Crippen LogP contribution in [-0.4, -0.2) is 112 Å². The first-order valence-electron chi connectivity index (χ1n) is 18.1. The van der Waals surface area contributed by atoms with Crippen LogP contribution in [0, 0.1) is 17.8 Å². The molecule has 0 aromatic heterocycles. The smallest absolute Gasteiger partial charge is 0.337 e. The lowest BCUT2D eigenvalue weighted by Crippen LogP contribution is -2.52. The fourth-order valence-electron chi connectivity index (χ4n) is 6.84. The molecule has 2 aromatic carbocycles. The number of esters is 1. The number of carbonyl (C=O) groups excluding carboxylic acids is 5. The maximum absolute atomic E-state index is 13.0. The molecule has 1 unspecified atom stereocenters. The van der Waals surface area contributed by atoms with Gasteiger partial charge < -0.3 is 44.2 Å². The number of hydrogen-bond acceptors (Lipinski definition) is 13. The van der Waals surface area contributed by atoms with E-state index in [-0.39, 0.29) is 55.9 Å². The second-order valence-electron chi connectivity index (χ2n) is 13.3. The number of carbonyl (C=O) groups is 5. The molecule has 0 aliphatic carbocycles. The van der Waals surface area contributed by atoms with Crippen molar-refractivity contribution in [3.05, 3.63) is 76.1 Å². The minimum atomic E-state index is -0.677. The monoisotopic (exact) mass is 760 g/mol. The SMILES string of the molecule is COC(=O)c1ccc2c(c1)[C@@H](N(N)/C=C(\N)COCCOCCOCCOCC#Cc1cccc3c1CN(C1CCC(=O)NC1=O)C3=O)[C@H](C)CN2C(C)=O. The zero-order valence-corrected chi connectivity index (χ0v) is 31.3. The molecule has 3 atom stereocenters. The minimum Gasteiger partial charge on any atom is -0.465 e. The molecule has 0 radical (unpaired) electrons. The van der Waals surface area contributed by atoms with Gasteiger partial charge in [-0.15, -0.1) is 0 Å². The van der Waals surface area contributed by atoms with Crippen molar-refractivity contribution in [2.75, 3.05) is 71.4 Å². The van der Waals surface area contributed by atoms with E-state index in [1.807, 2.05) is 13.0 Å². The number of hydrazine groups is 1. The summed E-state index contributed by atoms with van der Waals surface area (Å²) in [4.78, 5) is 64.6. The molecule has 5 N–H and O–H groups in total. The zero-order valence-electron chi connectivity index (χ0n) is 31.3. The van der Waals surface area contributed by atoms with Crippen molar-refractivity contribution >= 4 is 35.3 Å². The van der Waals surface area contributed by atoms with E-state index in [9.17, 15) is 24.0 Å². The lowest BCUT2D eigenvalue weighted by Gasteiger charge is -2.42. The van der Waals surface area contributed by atoms with Crippen LogP contribution in [0.4, 0.5) is 5.69 Å². The van der Waals surface area contributed by atoms with E-state index in [4.69, 9.17) is 35.3 Å². The average molecular weight is 761 g/mol. The lowest BCUT2D eigenvalue weighted by atomic mass is 9.86. The summed E-state index contributed by atoms with van der Waals surface area (Å²) in [6, 6.07) is 9.33. The molecule has 5 rings (SSSR count). The summed E-state index contributed by atoms with van der Waals surface area (Å²) in [5.41, 5.74) is 10.3. The van der Waals surface area contributed by atoms with Gasteiger partial charge in [0.05, 0.1) is 70.7 Å². The van der Waals surface area contributed by atoms with Gasteiger partial charge >= 0.3 is 5.97 Å². The van der Waals surface area contributed by atoms with E-state index < -0.39 is 17.9 Å². The molecule has 3 aliphatic heterocycles. The summed E-state index contributed by atoms with van der Waals surface area (Å²) < 4.78 is 27.2. The Kier molecular flexibility index (Phi) is 14.4. The fraction of sp³-hybridized carbons (Fsp3) is 0.462. The minimum absolute atomic E-state index is 0.0760. The number of rotatable bonds is 16. The maximum atomic E-state index is 13.0. The summed E-state index contributed by atoms with van der Waals surface area (Å²) >= 11 is 0. The molecule has 2 aromatic rings. The number of anilines is 1. The third kappa shape index (κ3) is 10.3. The van der Waals surface area contributed by atoms with Crippen LogP contribution in [0.5, 0.6) is 0 Å². The summed E-state index contributed by atoms with van der Waals surface area (Å²) in [6.45, 7) is 6.53. The molecule has 4 amide bonds. The molecule has 16 heteroatoms. The van der Waals surface area contributed by atoms with Crippen LogP contribution in [0.1, 0.15) is 70.1 Å². The molecule has 294 valence electrons. The Morgan fingerprint density at radius 1 is 1.02 bits per heavy atom. The highest BCUT2D eigenvalue weighted by Gasteiger charge is 2.40. The molecule has 0 spiro atoms. The van der Waals surface area contributed by atoms with Crippen molar-refractivity contribution in [1.82, 2.24) is 15.2 Å². The molecule has 1 fully saturated rings. The fourth-order valence-corrected chi connectivity index (χ4v) is 6.84. The van der Waals surface area contributed by atoms with E-state index in [2.05, 4.69) is 17.2 Å². The Hall–Kier alpha value is -5.31. The molecular weight excluding hydrogens is 712 g/mol. The summed E-state index contributed by atoms with van der Waals surface area (Å²) in [5.74, 6) is 10.8. The number of nitrogens with zero attached hydrogens (tertiary/aromatic N) is 3. The highest BCUT2D eigenvalue weighted by Crippen LogP contribution is 2.40. The molecular formula is C39H48N6O10. The molecule has 0 saturated carbocycles. The van der Waals surface area contributed by atoms with Gasteiger partial charge in [-0.1, -0.05) is 24.8 Å². The van der Waals surface area contributed by atoms with Gasteiger partial charge in [-0.3, -0.25) is 24.5 Å². The van der Waals surface area contributed by atoms with E-state index in [0.29, 0.717) is 86.2 Å². The van der Waals surface area contributed by atoms with Crippen LogP contribution in [0.25, 0.3) is 0 Å². The van der Waals surface area contributed by atoms with Gasteiger partial charge in [0, 0.05) is 60.9 Å². The summed E-state index contributed by atoms with van der Waals surface area (Å²) in [5, 5.41) is 3.80. The van der Waals surface area contributed by atoms with Gasteiger partial charge in [-0.05, 0) is 42.3 Å². The number of amides is 4. The van der Waals surface area contributed by atoms with Crippen LogP contribution in [0.15, 0.2) is 48.3 Å². The van der Waals surface area contributed by atoms with Crippen molar-refractivity contribution in [1.29, 1.82) is 0 Å². The van der Waals surface area contributed by atoms with Crippen LogP contribution in [0.3, 0.4) is 0 Å². The first-order chi connectivity index (χ1) is 26.5. The number of methoxy groups -OCH3 is 1. The Bertz CT molecular complexity index is 1860. The predicted octanol–water partition coefficient (Wildman–Crippen LogP) is 1.37. The Balaban J connectivity index is 0.948. The van der Waals surface area contributed by atoms with Gasteiger partial charge in [-0.25, -0.2) is 10.6 Å². The van der Waals surface area contributed by atoms with Crippen LogP contribution < -0.4 is 21.8 Å². The van der Waals surface area contributed by atoms with E-state index in [1.54, 1.807) is 41.4 Å². The van der Waals surface area contributed by atoms with Gasteiger partial charge in [0.15, 0.2) is 0 Å². The number of hydrogen-bond donors (Lipinski definition) is 3. The molecule has 55 heavy (non-hydrogen) atoms. The Morgan fingerprint density at radius 3 is 2.42 bits per heavy atom. The van der Waals surface area contributed by atoms with Crippen molar-refractivity contribution in [3.8, 4) is 11.8 Å². The maximum Gasteiger partial charge on any atom is 0.337 e. The number of imide groups is 1. The van der Waals surface area contributed by atoms with Gasteiger partial charge in [0.2, 0.25) is 17.7 Å². The lowest BCUT2D eigenvalue weighted by molar-refractivity contribution is -0.137. The van der Waals surface area contributed by atoms with Gasteiger partial charge in [0.1, 0.15) is 12.6 Å². The molecule has 1 saturated heterocycles. The van der Waals surface area contributed by atoms with Crippen molar-refractivity contribution < 1.29 is 47.7 Å². The van der Waals surface area contributed by atoms with Gasteiger partial charge in [-0.2, -0.15) is 0 Å². The second-order valence-corrected chi connectivity index (χ2v) is 13.3. The van der Waals surface area contributed by atoms with E-state index >= 15 is 0 Å². The number of nitrogens with one attached hydrogen (secondary N) is 1. The normalized spacial score (nSPS) is 19.3. The number of nitrogens with two attached hydrogens (primary N) is 2. The van der Waals surface area contributed by atoms with Gasteiger partial charge in [0.25, 0.3) is 5.91 Å². The molecule has 3 aliphatic rings. The summed E-state index contributed by atoms with van der Waals surface area (Å²) in [7, 11) is 1.31. The number of ether oxygens (including phenoxy) is 5. The standard InChI is InChI=1S/C39H48N6O10/c1-25-21-43(26(2)46)33-10-9-28(39(50)51-3)20-31(33)36(25)45(41)22-29(40)24-55-19-18-54-17-16-53-15-14-52-13-5-7-27-6-4-8-30-32(27)23-44(38(30)49)34-11-12-35(47)42-37(34)48/h4,6,8-10,20,22,25,34,36H,11-19,21,23-24,40-41H2,1-3H3,(H,42,47,48)/b29-22-/t25-,34?,36+/m1/s1. The van der Waals surface area contributed by atoms with Crippen molar-refractivity contribution in [3.63, 3.8) is 0 Å². The second kappa shape index (κ2) is 19.3.